The normalized spacial score (nSPS) is 18.5. The molecule has 6 nitrogen and oxygen atoms in total. The van der Waals surface area contributed by atoms with Gasteiger partial charge in [0.1, 0.15) is 0 Å². The predicted molar refractivity (Wildman–Crippen MR) is 73.1 cm³/mol. The van der Waals surface area contributed by atoms with Crippen LogP contribution in [0.3, 0.4) is 0 Å². The van der Waals surface area contributed by atoms with Crippen LogP contribution in [0.4, 0.5) is 0 Å². The molecule has 0 radical (unpaired) electrons. The van der Waals surface area contributed by atoms with E-state index in [0.29, 0.717) is 12.8 Å². The van der Waals surface area contributed by atoms with E-state index in [1.807, 2.05) is 6.92 Å². The minimum Gasteiger partial charge on any atom is -0.409 e. The summed E-state index contributed by atoms with van der Waals surface area (Å²) in [4.78, 5) is 14.0. The zero-order valence-corrected chi connectivity index (χ0v) is 11.8. The summed E-state index contributed by atoms with van der Waals surface area (Å²) in [6.45, 7) is 2.15. The standard InChI is InChI=1S/C13H25N3O3/c1-10(19-2)7-8-13(17)16(9-12(14)15-18)11-5-3-4-6-11/h10-11,18H,3-9H2,1-2H3,(H2,14,15). The van der Waals surface area contributed by atoms with Crippen LogP contribution in [-0.4, -0.2) is 47.7 Å². The van der Waals surface area contributed by atoms with Crippen molar-refractivity contribution in [2.75, 3.05) is 13.7 Å². The van der Waals surface area contributed by atoms with Gasteiger partial charge >= 0.3 is 0 Å². The number of nitrogens with zero attached hydrogens (tertiary/aromatic N) is 2. The van der Waals surface area contributed by atoms with Crippen molar-refractivity contribution < 1.29 is 14.7 Å². The van der Waals surface area contributed by atoms with Gasteiger partial charge in [-0.05, 0) is 26.2 Å². The highest BCUT2D eigenvalue weighted by atomic mass is 16.5. The molecule has 0 aromatic heterocycles. The zero-order chi connectivity index (χ0) is 14.3. The molecule has 1 unspecified atom stereocenters. The first-order valence-corrected chi connectivity index (χ1v) is 6.87. The van der Waals surface area contributed by atoms with Crippen LogP contribution in [0.1, 0.15) is 45.4 Å². The summed E-state index contributed by atoms with van der Waals surface area (Å²) in [5.74, 6) is 0.141. The minimum atomic E-state index is 0.0578. The maximum atomic E-state index is 12.3. The van der Waals surface area contributed by atoms with Gasteiger partial charge in [0, 0.05) is 19.6 Å². The number of amides is 1. The molecule has 19 heavy (non-hydrogen) atoms. The summed E-state index contributed by atoms with van der Waals surface area (Å²) in [5.41, 5.74) is 5.54. The van der Waals surface area contributed by atoms with E-state index in [4.69, 9.17) is 15.7 Å². The van der Waals surface area contributed by atoms with E-state index < -0.39 is 0 Å². The number of carbonyl (C=O) groups is 1. The van der Waals surface area contributed by atoms with E-state index >= 15 is 0 Å². The van der Waals surface area contributed by atoms with Crippen molar-refractivity contribution in [3.05, 3.63) is 0 Å². The summed E-state index contributed by atoms with van der Waals surface area (Å²) in [6, 6.07) is 0.227. The minimum absolute atomic E-state index is 0.0578. The van der Waals surface area contributed by atoms with Crippen LogP contribution in [-0.2, 0) is 9.53 Å². The Balaban J connectivity index is 2.58. The third kappa shape index (κ3) is 5.06. The molecule has 1 aliphatic carbocycles. The number of nitrogens with two attached hydrogens (primary N) is 1. The van der Waals surface area contributed by atoms with Gasteiger partial charge in [0.05, 0.1) is 12.6 Å². The van der Waals surface area contributed by atoms with Crippen LogP contribution in [0.15, 0.2) is 5.16 Å². The fourth-order valence-electron chi connectivity index (χ4n) is 2.43. The number of oxime groups is 1. The molecule has 110 valence electrons. The molecule has 0 aliphatic heterocycles. The van der Waals surface area contributed by atoms with E-state index in [9.17, 15) is 4.79 Å². The van der Waals surface area contributed by atoms with E-state index in [2.05, 4.69) is 5.16 Å². The number of ether oxygens (including phenoxy) is 1. The van der Waals surface area contributed by atoms with Crippen molar-refractivity contribution in [2.24, 2.45) is 10.9 Å². The maximum Gasteiger partial charge on any atom is 0.223 e. The Labute approximate surface area is 114 Å². The van der Waals surface area contributed by atoms with Gasteiger partial charge in [-0.1, -0.05) is 18.0 Å². The lowest BCUT2D eigenvalue weighted by Crippen LogP contribution is -2.44. The van der Waals surface area contributed by atoms with Crippen molar-refractivity contribution in [3.63, 3.8) is 0 Å². The molecule has 1 saturated carbocycles. The van der Waals surface area contributed by atoms with Crippen LogP contribution < -0.4 is 5.73 Å². The SMILES string of the molecule is COC(C)CCC(=O)N(CC(N)=NO)C1CCCC1. The first kappa shape index (κ1) is 15.8. The Morgan fingerprint density at radius 3 is 2.68 bits per heavy atom. The molecule has 1 aliphatic rings. The molecule has 0 spiro atoms. The molecule has 1 fully saturated rings. The Kier molecular flexibility index (Phi) is 6.62. The molecular formula is C13H25N3O3. The summed E-state index contributed by atoms with van der Waals surface area (Å²) >= 11 is 0. The molecule has 0 saturated heterocycles. The second-order valence-electron chi connectivity index (χ2n) is 5.14. The fourth-order valence-corrected chi connectivity index (χ4v) is 2.43. The molecule has 0 heterocycles. The van der Waals surface area contributed by atoms with Crippen molar-refractivity contribution in [3.8, 4) is 0 Å². The molecule has 6 heteroatoms. The molecule has 1 atom stereocenters. The Hall–Kier alpha value is -1.30. The number of hydrogen-bond acceptors (Lipinski definition) is 4. The topological polar surface area (TPSA) is 88.2 Å². The van der Waals surface area contributed by atoms with Crippen molar-refractivity contribution >= 4 is 11.7 Å². The van der Waals surface area contributed by atoms with Gasteiger partial charge in [0.2, 0.25) is 5.91 Å². The lowest BCUT2D eigenvalue weighted by atomic mass is 10.1. The Morgan fingerprint density at radius 2 is 2.16 bits per heavy atom. The van der Waals surface area contributed by atoms with Gasteiger partial charge in [-0.25, -0.2) is 0 Å². The summed E-state index contributed by atoms with van der Waals surface area (Å²) in [5, 5.41) is 11.6. The quantitative estimate of drug-likeness (QED) is 0.316. The first-order valence-electron chi connectivity index (χ1n) is 6.87. The predicted octanol–water partition coefficient (Wildman–Crippen LogP) is 1.32. The van der Waals surface area contributed by atoms with Crippen molar-refractivity contribution in [2.45, 2.75) is 57.6 Å². The molecule has 0 aromatic carbocycles. The monoisotopic (exact) mass is 271 g/mol. The van der Waals surface area contributed by atoms with Crippen LogP contribution in [0.25, 0.3) is 0 Å². The summed E-state index contributed by atoms with van der Waals surface area (Å²) in [6.07, 6.45) is 5.48. The van der Waals surface area contributed by atoms with Crippen molar-refractivity contribution in [1.82, 2.24) is 4.90 Å². The molecule has 3 N–H and O–H groups in total. The summed E-state index contributed by atoms with van der Waals surface area (Å²) < 4.78 is 5.15. The van der Waals surface area contributed by atoms with E-state index in [1.165, 1.54) is 0 Å². The third-order valence-electron chi connectivity index (χ3n) is 3.71. The average molecular weight is 271 g/mol. The number of carbonyl (C=O) groups excluding carboxylic acids is 1. The zero-order valence-electron chi connectivity index (χ0n) is 11.8. The Morgan fingerprint density at radius 1 is 1.53 bits per heavy atom. The van der Waals surface area contributed by atoms with Gasteiger partial charge in [-0.15, -0.1) is 0 Å². The highest BCUT2D eigenvalue weighted by Gasteiger charge is 2.27. The number of methoxy groups -OCH3 is 1. The smallest absolute Gasteiger partial charge is 0.223 e. The lowest BCUT2D eigenvalue weighted by molar-refractivity contribution is -0.133. The van der Waals surface area contributed by atoms with Gasteiger partial charge in [0.15, 0.2) is 5.84 Å². The largest absolute Gasteiger partial charge is 0.409 e. The van der Waals surface area contributed by atoms with Crippen LogP contribution in [0.5, 0.6) is 0 Å². The third-order valence-corrected chi connectivity index (χ3v) is 3.71. The number of rotatable bonds is 7. The van der Waals surface area contributed by atoms with E-state index in [-0.39, 0.29) is 30.4 Å². The number of amidine groups is 1. The van der Waals surface area contributed by atoms with E-state index in [0.717, 1.165) is 25.7 Å². The van der Waals surface area contributed by atoms with Crippen LogP contribution >= 0.6 is 0 Å². The fraction of sp³-hybridized carbons (Fsp3) is 0.846. The molecule has 1 amide bonds. The summed E-state index contributed by atoms with van der Waals surface area (Å²) in [7, 11) is 1.64. The molecule has 0 bridgehead atoms. The molecular weight excluding hydrogens is 246 g/mol. The molecule has 1 rings (SSSR count). The highest BCUT2D eigenvalue weighted by Crippen LogP contribution is 2.24. The van der Waals surface area contributed by atoms with Gasteiger partial charge in [-0.2, -0.15) is 0 Å². The molecule has 0 aromatic rings. The van der Waals surface area contributed by atoms with E-state index in [1.54, 1.807) is 12.0 Å². The lowest BCUT2D eigenvalue weighted by Gasteiger charge is -2.29. The first-order chi connectivity index (χ1) is 9.08. The van der Waals surface area contributed by atoms with Gasteiger partial charge in [-0.3, -0.25) is 4.79 Å². The second-order valence-corrected chi connectivity index (χ2v) is 5.14. The van der Waals surface area contributed by atoms with Crippen molar-refractivity contribution in [1.29, 1.82) is 0 Å². The van der Waals surface area contributed by atoms with Crippen LogP contribution in [0.2, 0.25) is 0 Å². The highest BCUT2D eigenvalue weighted by molar-refractivity contribution is 5.87. The maximum absolute atomic E-state index is 12.3. The van der Waals surface area contributed by atoms with Gasteiger partial charge < -0.3 is 20.6 Å². The number of hydrogen-bond donors (Lipinski definition) is 2. The Bertz CT molecular complexity index is 314. The average Bonchev–Trinajstić information content (AvgIpc) is 2.95. The van der Waals surface area contributed by atoms with Crippen LogP contribution in [0, 0.1) is 0 Å². The second kappa shape index (κ2) is 7.99. The van der Waals surface area contributed by atoms with Gasteiger partial charge in [0.25, 0.3) is 0 Å².